The van der Waals surface area contributed by atoms with Crippen molar-refractivity contribution in [1.82, 2.24) is 0 Å². The predicted molar refractivity (Wildman–Crippen MR) is 135 cm³/mol. The molecule has 2 aromatic carbocycles. The number of nitrogens with two attached hydrogens (primary N) is 1. The molecular weight excluding hydrogens is 512 g/mol. The number of rotatable bonds is 4. The average Bonchev–Trinajstić information content (AvgIpc) is 2.90. The Balaban J connectivity index is 1.69. The van der Waals surface area contributed by atoms with Gasteiger partial charge in [-0.3, -0.25) is 9.59 Å². The first kappa shape index (κ1) is 27.0. The lowest BCUT2D eigenvalue weighted by atomic mass is 9.72. The van der Waals surface area contributed by atoms with Gasteiger partial charge >= 0.3 is 0 Å². The van der Waals surface area contributed by atoms with E-state index in [0.717, 1.165) is 0 Å². The molecule has 0 spiro atoms. The molecule has 12 nitrogen and oxygen atoms in total. The van der Waals surface area contributed by atoms with Crippen molar-refractivity contribution in [2.24, 2.45) is 10.9 Å². The molecule has 12 heteroatoms. The van der Waals surface area contributed by atoms with E-state index in [0.29, 0.717) is 0 Å². The summed E-state index contributed by atoms with van der Waals surface area (Å²) in [5.74, 6) is -2.51. The number of hydrogen-bond acceptors (Lipinski definition) is 12. The number of aromatic hydroxyl groups is 2. The number of oxime groups is 1. The normalized spacial score (nSPS) is 30.4. The Kier molecular flexibility index (Phi) is 6.64. The highest BCUT2D eigenvalue weighted by Crippen LogP contribution is 2.52. The highest BCUT2D eigenvalue weighted by Gasteiger charge is 2.49. The molecular formula is C27H30N2O10. The zero-order valence-electron chi connectivity index (χ0n) is 21.5. The van der Waals surface area contributed by atoms with Crippen LogP contribution in [-0.2, 0) is 15.9 Å². The van der Waals surface area contributed by atoms with Gasteiger partial charge in [0.15, 0.2) is 12.1 Å². The third kappa shape index (κ3) is 4.07. The molecule has 1 fully saturated rings. The molecule has 208 valence electrons. The van der Waals surface area contributed by atoms with Crippen LogP contribution in [-0.4, -0.2) is 80.2 Å². The number of fused-ring (bicyclic) bond motifs is 3. The summed E-state index contributed by atoms with van der Waals surface area (Å²) in [6, 6.07) is 3.77. The van der Waals surface area contributed by atoms with Crippen LogP contribution in [0.5, 0.6) is 17.2 Å². The minimum Gasteiger partial charge on any atom is -0.507 e. The number of aliphatic hydroxyl groups excluding tert-OH is 1. The minimum atomic E-state index is -1.85. The molecule has 0 aromatic heterocycles. The highest BCUT2D eigenvalue weighted by molar-refractivity contribution is 6.31. The van der Waals surface area contributed by atoms with Gasteiger partial charge in [-0.25, -0.2) is 0 Å². The number of methoxy groups -OCH3 is 1. The van der Waals surface area contributed by atoms with E-state index in [9.17, 15) is 35.2 Å². The maximum atomic E-state index is 13.7. The van der Waals surface area contributed by atoms with E-state index in [1.807, 2.05) is 0 Å². The third-order valence-corrected chi connectivity index (χ3v) is 7.97. The number of aliphatic hydroxyl groups is 2. The second-order valence-corrected chi connectivity index (χ2v) is 10.3. The van der Waals surface area contributed by atoms with Gasteiger partial charge in [0.05, 0.1) is 47.8 Å². The number of hydrogen-bond donors (Lipinski definition) is 6. The molecule has 2 aromatic rings. The van der Waals surface area contributed by atoms with Crippen molar-refractivity contribution >= 4 is 17.3 Å². The van der Waals surface area contributed by atoms with E-state index >= 15 is 0 Å². The highest BCUT2D eigenvalue weighted by atomic mass is 16.7. The standard InChI is InChI=1S/C27H30N2O10/c1-10-22(30)14(28)7-17(38-10)39-16-9-27(35,11(2)29-36)8-13-19(16)26(34)21-20(24(13)32)23(31)12-5-4-6-15(37-3)18(12)25(21)33/h4-6,10,14,16-17,22,30,32,34-36H,7-9,28H2,1-3H3/b29-11-/t10-,14+,16-,17-,22-,27-/m0/s1. The Bertz CT molecular complexity index is 1390. The van der Waals surface area contributed by atoms with Gasteiger partial charge in [0.2, 0.25) is 5.78 Å². The summed E-state index contributed by atoms with van der Waals surface area (Å²) in [6.45, 7) is 2.99. The van der Waals surface area contributed by atoms with Crippen LogP contribution in [0.2, 0.25) is 0 Å². The second-order valence-electron chi connectivity index (χ2n) is 10.3. The van der Waals surface area contributed by atoms with Gasteiger partial charge in [-0.15, -0.1) is 0 Å². The summed E-state index contributed by atoms with van der Waals surface area (Å²) < 4.78 is 17.2. The Morgan fingerprint density at radius 1 is 1.15 bits per heavy atom. The van der Waals surface area contributed by atoms with E-state index in [-0.39, 0.29) is 53.0 Å². The van der Waals surface area contributed by atoms with Crippen molar-refractivity contribution in [1.29, 1.82) is 0 Å². The lowest BCUT2D eigenvalue weighted by Crippen LogP contribution is -2.52. The molecule has 1 saturated heterocycles. The van der Waals surface area contributed by atoms with Crippen molar-refractivity contribution in [3.8, 4) is 17.2 Å². The number of ketones is 2. The smallest absolute Gasteiger partial charge is 0.202 e. The monoisotopic (exact) mass is 542 g/mol. The van der Waals surface area contributed by atoms with Gasteiger partial charge in [-0.05, 0) is 19.9 Å². The minimum absolute atomic E-state index is 0.00869. The zero-order chi connectivity index (χ0) is 28.4. The van der Waals surface area contributed by atoms with E-state index in [2.05, 4.69) is 5.16 Å². The Labute approximate surface area is 223 Å². The number of nitrogens with zero attached hydrogens (tertiary/aromatic N) is 1. The number of carbonyl (C=O) groups excluding carboxylic acids is 2. The van der Waals surface area contributed by atoms with Crippen molar-refractivity contribution < 1.29 is 49.4 Å². The number of phenols is 2. The van der Waals surface area contributed by atoms with Gasteiger partial charge < -0.3 is 45.6 Å². The molecule has 0 unspecified atom stereocenters. The van der Waals surface area contributed by atoms with Crippen LogP contribution in [0, 0.1) is 0 Å². The number of carbonyl (C=O) groups is 2. The fourth-order valence-corrected chi connectivity index (χ4v) is 5.76. The fourth-order valence-electron chi connectivity index (χ4n) is 5.76. The van der Waals surface area contributed by atoms with Gasteiger partial charge in [0, 0.05) is 42.0 Å². The predicted octanol–water partition coefficient (Wildman–Crippen LogP) is 1.29. The van der Waals surface area contributed by atoms with Gasteiger partial charge in [0.25, 0.3) is 0 Å². The lowest BCUT2D eigenvalue weighted by molar-refractivity contribution is -0.245. The summed E-state index contributed by atoms with van der Waals surface area (Å²) in [7, 11) is 1.34. The molecule has 0 saturated carbocycles. The van der Waals surface area contributed by atoms with Crippen LogP contribution in [0.25, 0.3) is 0 Å². The van der Waals surface area contributed by atoms with Crippen LogP contribution in [0.15, 0.2) is 23.4 Å². The topological polar surface area (TPSA) is 201 Å². The van der Waals surface area contributed by atoms with E-state index < -0.39 is 70.4 Å². The van der Waals surface area contributed by atoms with Gasteiger partial charge in [-0.2, -0.15) is 0 Å². The Morgan fingerprint density at radius 2 is 1.85 bits per heavy atom. The second kappa shape index (κ2) is 9.57. The summed E-state index contributed by atoms with van der Waals surface area (Å²) in [6.07, 6.45) is -4.34. The molecule has 39 heavy (non-hydrogen) atoms. The zero-order valence-corrected chi connectivity index (χ0v) is 21.5. The number of phenolic OH excluding ortho intramolecular Hbond substituents is 2. The van der Waals surface area contributed by atoms with Gasteiger partial charge in [-0.1, -0.05) is 17.3 Å². The molecule has 1 heterocycles. The number of benzene rings is 2. The Morgan fingerprint density at radius 3 is 2.49 bits per heavy atom. The fraction of sp³-hybridized carbons (Fsp3) is 0.444. The maximum Gasteiger partial charge on any atom is 0.202 e. The van der Waals surface area contributed by atoms with Crippen LogP contribution in [0.1, 0.15) is 75.8 Å². The molecule has 2 aliphatic carbocycles. The average molecular weight is 543 g/mol. The summed E-state index contributed by atoms with van der Waals surface area (Å²) in [4.78, 5) is 27.2. The third-order valence-electron chi connectivity index (χ3n) is 7.97. The van der Waals surface area contributed by atoms with Crippen molar-refractivity contribution in [2.45, 2.75) is 69.4 Å². The largest absolute Gasteiger partial charge is 0.507 e. The molecule has 0 bridgehead atoms. The van der Waals surface area contributed by atoms with E-state index in [4.69, 9.17) is 19.9 Å². The first-order valence-electron chi connectivity index (χ1n) is 12.5. The molecule has 7 N–H and O–H groups in total. The SMILES string of the molecule is COc1cccc2c1C(=O)c1c(O)c3c(c(O)c1C2=O)C[C@@](O)(/C(C)=N\O)C[C@@H]3O[C@H]1C[C@@H](N)[C@@H](O)[C@H](C)O1. The van der Waals surface area contributed by atoms with Crippen LogP contribution in [0.3, 0.4) is 0 Å². The molecule has 0 amide bonds. The van der Waals surface area contributed by atoms with Crippen LogP contribution >= 0.6 is 0 Å². The summed E-state index contributed by atoms with van der Waals surface area (Å²) >= 11 is 0. The number of ether oxygens (including phenoxy) is 3. The van der Waals surface area contributed by atoms with Crippen LogP contribution in [0.4, 0.5) is 0 Å². The molecule has 5 rings (SSSR count). The molecule has 1 aliphatic heterocycles. The van der Waals surface area contributed by atoms with Crippen LogP contribution < -0.4 is 10.5 Å². The molecule has 0 radical (unpaired) electrons. The van der Waals surface area contributed by atoms with Gasteiger partial charge in [0.1, 0.15) is 22.8 Å². The van der Waals surface area contributed by atoms with Crippen molar-refractivity contribution in [3.05, 3.63) is 51.6 Å². The Hall–Kier alpha value is -3.55. The van der Waals surface area contributed by atoms with Crippen molar-refractivity contribution in [2.75, 3.05) is 7.11 Å². The first-order chi connectivity index (χ1) is 18.4. The van der Waals surface area contributed by atoms with E-state index in [1.165, 1.54) is 32.2 Å². The maximum absolute atomic E-state index is 13.7. The lowest BCUT2D eigenvalue weighted by Gasteiger charge is -2.42. The van der Waals surface area contributed by atoms with Crippen molar-refractivity contribution in [3.63, 3.8) is 0 Å². The molecule has 6 atom stereocenters. The van der Waals surface area contributed by atoms with E-state index in [1.54, 1.807) is 6.92 Å². The summed E-state index contributed by atoms with van der Waals surface area (Å²) in [5, 5.41) is 57.1. The first-order valence-corrected chi connectivity index (χ1v) is 12.5. The quantitative estimate of drug-likeness (QED) is 0.120. The summed E-state index contributed by atoms with van der Waals surface area (Å²) in [5.41, 5.74) is 3.14. The molecule has 3 aliphatic rings.